The molecule has 0 radical (unpaired) electrons. The molecule has 2 aromatic carbocycles. The predicted molar refractivity (Wildman–Crippen MR) is 137 cm³/mol. The van der Waals surface area contributed by atoms with Crippen molar-refractivity contribution < 1.29 is 13.2 Å². The number of halogens is 3. The second kappa shape index (κ2) is 11.4. The minimum atomic E-state index is -4.17. The van der Waals surface area contributed by atoms with E-state index in [0.29, 0.717) is 18.1 Å². The Kier molecular flexibility index (Phi) is 8.52. The first-order chi connectivity index (χ1) is 16.2. The molecule has 1 aromatic heterocycles. The average molecular weight is 487 g/mol. The van der Waals surface area contributed by atoms with Gasteiger partial charge < -0.3 is 20.9 Å². The van der Waals surface area contributed by atoms with E-state index in [1.807, 2.05) is 66.4 Å². The monoisotopic (exact) mass is 486 g/mol. The highest BCUT2D eigenvalue weighted by molar-refractivity contribution is 7.80. The molecule has 0 amide bonds. The van der Waals surface area contributed by atoms with E-state index < -0.39 is 12.6 Å². The summed E-state index contributed by atoms with van der Waals surface area (Å²) in [7, 11) is 0. The van der Waals surface area contributed by atoms with E-state index in [9.17, 15) is 13.2 Å². The second-order valence-corrected chi connectivity index (χ2v) is 8.66. The molecular weight excluding hydrogens is 457 g/mol. The summed E-state index contributed by atoms with van der Waals surface area (Å²) in [5, 5.41) is 7.31. The molecule has 8 heteroatoms. The number of benzene rings is 2. The summed E-state index contributed by atoms with van der Waals surface area (Å²) < 4.78 is 40.2. The lowest BCUT2D eigenvalue weighted by atomic mass is 10.0. The Morgan fingerprint density at radius 3 is 2.71 bits per heavy atom. The average Bonchev–Trinajstić information content (AvgIpc) is 3.15. The van der Waals surface area contributed by atoms with E-state index in [-0.39, 0.29) is 13.0 Å². The van der Waals surface area contributed by atoms with Crippen molar-refractivity contribution >= 4 is 28.1 Å². The van der Waals surface area contributed by atoms with Crippen molar-refractivity contribution in [2.24, 2.45) is 5.73 Å². The number of fused-ring (bicyclic) bond motifs is 1. The molecular formula is C26H29F3N4S. The predicted octanol–water partition coefficient (Wildman–Crippen LogP) is 6.01. The van der Waals surface area contributed by atoms with E-state index in [1.54, 1.807) is 6.20 Å². The number of alkyl halides is 3. The van der Waals surface area contributed by atoms with Crippen molar-refractivity contribution in [3.05, 3.63) is 84.3 Å². The van der Waals surface area contributed by atoms with E-state index in [4.69, 9.17) is 18.0 Å². The standard InChI is InChI=1S/C26H29F3N4S/c1-3-31-14-18(2)15-32-16-19-8-9-22-23(20-6-4-7-21(13-20)25(30)34)17-33(24(22)12-19)11-5-10-26(27,28)29/h3-4,6-9,12-14,17,31-32H,1,5,10-11,15-16H2,2H3,(H2,30,34)/b18-14+. The smallest absolute Gasteiger partial charge is 0.389 e. The number of aryl methyl sites for hydroxylation is 1. The maximum Gasteiger partial charge on any atom is 0.389 e. The summed E-state index contributed by atoms with van der Waals surface area (Å²) in [4.78, 5) is 0.303. The first kappa shape index (κ1) is 25.5. The Hall–Kier alpha value is -3.10. The third-order valence-corrected chi connectivity index (χ3v) is 5.68. The van der Waals surface area contributed by atoms with Crippen molar-refractivity contribution in [1.82, 2.24) is 15.2 Å². The fraction of sp³-hybridized carbons (Fsp3) is 0.269. The number of aromatic nitrogens is 1. The van der Waals surface area contributed by atoms with Crippen LogP contribution in [0, 0.1) is 0 Å². The molecule has 4 N–H and O–H groups in total. The van der Waals surface area contributed by atoms with Crippen LogP contribution in [0.3, 0.4) is 0 Å². The van der Waals surface area contributed by atoms with Crippen molar-refractivity contribution in [2.75, 3.05) is 6.54 Å². The molecule has 0 unspecified atom stereocenters. The number of nitrogens with two attached hydrogens (primary N) is 1. The highest BCUT2D eigenvalue weighted by Gasteiger charge is 2.26. The molecule has 3 rings (SSSR count). The number of nitrogens with zero attached hydrogens (tertiary/aromatic N) is 1. The first-order valence-corrected chi connectivity index (χ1v) is 11.4. The van der Waals surface area contributed by atoms with Crippen LogP contribution in [0.25, 0.3) is 22.0 Å². The molecule has 0 atom stereocenters. The lowest BCUT2D eigenvalue weighted by molar-refractivity contribution is -0.135. The molecule has 3 aromatic rings. The SMILES string of the molecule is C=CN/C=C(\C)CNCc1ccc2c(-c3cccc(C(N)=S)c3)cn(CCCC(F)(F)F)c2c1. The highest BCUT2D eigenvalue weighted by Crippen LogP contribution is 2.33. The summed E-state index contributed by atoms with van der Waals surface area (Å²) in [5.74, 6) is 0. The molecule has 180 valence electrons. The van der Waals surface area contributed by atoms with Gasteiger partial charge in [0, 0.05) is 60.5 Å². The van der Waals surface area contributed by atoms with Crippen molar-refractivity contribution in [1.29, 1.82) is 0 Å². The Balaban J connectivity index is 1.91. The zero-order valence-corrected chi connectivity index (χ0v) is 19.9. The zero-order valence-electron chi connectivity index (χ0n) is 19.1. The molecule has 0 spiro atoms. The third-order valence-electron chi connectivity index (χ3n) is 5.44. The van der Waals surface area contributed by atoms with Crippen LogP contribution >= 0.6 is 12.2 Å². The number of rotatable bonds is 11. The van der Waals surface area contributed by atoms with Crippen molar-refractivity contribution in [2.45, 2.75) is 39.0 Å². The topological polar surface area (TPSA) is 55.0 Å². The van der Waals surface area contributed by atoms with Gasteiger partial charge in [0.1, 0.15) is 4.99 Å². The Morgan fingerprint density at radius 2 is 2.00 bits per heavy atom. The van der Waals surface area contributed by atoms with Crippen LogP contribution in [0.2, 0.25) is 0 Å². The summed E-state index contributed by atoms with van der Waals surface area (Å²) in [6, 6.07) is 13.7. The van der Waals surface area contributed by atoms with Gasteiger partial charge in [-0.1, -0.05) is 49.1 Å². The van der Waals surface area contributed by atoms with E-state index >= 15 is 0 Å². The van der Waals surface area contributed by atoms with Gasteiger partial charge in [0.25, 0.3) is 0 Å². The van der Waals surface area contributed by atoms with Crippen LogP contribution in [0.15, 0.2) is 73.2 Å². The van der Waals surface area contributed by atoms with Gasteiger partial charge in [-0.25, -0.2) is 0 Å². The fourth-order valence-corrected chi connectivity index (χ4v) is 3.94. The first-order valence-electron chi connectivity index (χ1n) is 11.0. The van der Waals surface area contributed by atoms with Crippen LogP contribution in [0.1, 0.15) is 30.9 Å². The Labute approximate surface area is 203 Å². The van der Waals surface area contributed by atoms with E-state index in [1.165, 1.54) is 0 Å². The molecule has 34 heavy (non-hydrogen) atoms. The highest BCUT2D eigenvalue weighted by atomic mass is 32.1. The van der Waals surface area contributed by atoms with Gasteiger partial charge in [-0.2, -0.15) is 13.2 Å². The third kappa shape index (κ3) is 6.95. The van der Waals surface area contributed by atoms with Crippen molar-refractivity contribution in [3.63, 3.8) is 0 Å². The van der Waals surface area contributed by atoms with Crippen LogP contribution in [0.5, 0.6) is 0 Å². The summed E-state index contributed by atoms with van der Waals surface area (Å²) in [6.07, 6.45) is 0.441. The molecule has 0 bridgehead atoms. The van der Waals surface area contributed by atoms with E-state index in [0.717, 1.165) is 38.7 Å². The van der Waals surface area contributed by atoms with Gasteiger partial charge in [-0.05, 0) is 48.4 Å². The molecule has 0 saturated carbocycles. The minimum absolute atomic E-state index is 0.0163. The Morgan fingerprint density at radius 1 is 1.21 bits per heavy atom. The number of nitrogens with one attached hydrogen (secondary N) is 2. The summed E-state index contributed by atoms with van der Waals surface area (Å²) >= 11 is 5.11. The number of thiocarbonyl (C=S) groups is 1. The zero-order chi connectivity index (χ0) is 24.7. The fourth-order valence-electron chi connectivity index (χ4n) is 3.81. The minimum Gasteiger partial charge on any atom is -0.389 e. The van der Waals surface area contributed by atoms with E-state index in [2.05, 4.69) is 17.2 Å². The molecule has 0 aliphatic carbocycles. The number of hydrogen-bond acceptors (Lipinski definition) is 3. The van der Waals surface area contributed by atoms with Crippen LogP contribution in [-0.4, -0.2) is 22.3 Å². The summed E-state index contributed by atoms with van der Waals surface area (Å²) in [5.41, 5.74) is 11.5. The second-order valence-electron chi connectivity index (χ2n) is 8.22. The van der Waals surface area contributed by atoms with Crippen LogP contribution in [-0.2, 0) is 13.1 Å². The molecule has 0 aliphatic heterocycles. The molecule has 1 heterocycles. The molecule has 0 aliphatic rings. The molecule has 0 fully saturated rings. The maximum atomic E-state index is 12.8. The van der Waals surface area contributed by atoms with Gasteiger partial charge in [0.05, 0.1) is 0 Å². The molecule has 4 nitrogen and oxygen atoms in total. The van der Waals surface area contributed by atoms with Gasteiger partial charge in [0.2, 0.25) is 0 Å². The Bertz CT molecular complexity index is 1190. The quantitative estimate of drug-likeness (QED) is 0.291. The molecule has 0 saturated heterocycles. The normalized spacial score (nSPS) is 12.2. The maximum absolute atomic E-state index is 12.8. The van der Waals surface area contributed by atoms with Gasteiger partial charge in [0.15, 0.2) is 0 Å². The van der Waals surface area contributed by atoms with Crippen LogP contribution in [0.4, 0.5) is 13.2 Å². The van der Waals surface area contributed by atoms with Crippen molar-refractivity contribution in [3.8, 4) is 11.1 Å². The lowest BCUT2D eigenvalue weighted by Gasteiger charge is -2.10. The number of hydrogen-bond donors (Lipinski definition) is 3. The largest absolute Gasteiger partial charge is 0.389 e. The van der Waals surface area contributed by atoms with Gasteiger partial charge >= 0.3 is 6.18 Å². The van der Waals surface area contributed by atoms with Gasteiger partial charge in [-0.3, -0.25) is 0 Å². The summed E-state index contributed by atoms with van der Waals surface area (Å²) in [6.45, 7) is 7.23. The lowest BCUT2D eigenvalue weighted by Crippen LogP contribution is -2.16. The van der Waals surface area contributed by atoms with Gasteiger partial charge in [-0.15, -0.1) is 0 Å². The van der Waals surface area contributed by atoms with Crippen LogP contribution < -0.4 is 16.4 Å².